The highest BCUT2D eigenvalue weighted by Crippen LogP contribution is 2.20. The lowest BCUT2D eigenvalue weighted by molar-refractivity contribution is -0.532. The lowest BCUT2D eigenvalue weighted by Crippen LogP contribution is -2.29. The Bertz CT molecular complexity index is 468. The van der Waals surface area contributed by atoms with Gasteiger partial charge < -0.3 is 14.7 Å². The van der Waals surface area contributed by atoms with Crippen LogP contribution < -0.4 is 4.74 Å². The lowest BCUT2D eigenvalue weighted by Gasteiger charge is -2.18. The number of aryl methyl sites for hydroxylation is 1. The van der Waals surface area contributed by atoms with Gasteiger partial charge in [0.2, 0.25) is 0 Å². The van der Waals surface area contributed by atoms with Crippen LogP contribution >= 0.6 is 0 Å². The average molecular weight is 291 g/mol. The van der Waals surface area contributed by atoms with Gasteiger partial charge in [-0.3, -0.25) is 0 Å². The van der Waals surface area contributed by atoms with Crippen LogP contribution in [0.5, 0.6) is 5.75 Å². The molecule has 0 aliphatic carbocycles. The Morgan fingerprint density at radius 2 is 2.05 bits per heavy atom. The van der Waals surface area contributed by atoms with E-state index in [0.29, 0.717) is 0 Å². The molecule has 0 spiro atoms. The summed E-state index contributed by atoms with van der Waals surface area (Å²) in [7, 11) is 0. The molecule has 116 valence electrons. The topological polar surface area (TPSA) is 44.5 Å². The predicted octanol–water partition coefficient (Wildman–Crippen LogP) is 3.51. The van der Waals surface area contributed by atoms with Gasteiger partial charge in [-0.25, -0.2) is 4.74 Å². The van der Waals surface area contributed by atoms with Crippen LogP contribution in [0.2, 0.25) is 0 Å². The Hall–Kier alpha value is -1.55. The molecular weight excluding hydrogens is 266 g/mol. The third kappa shape index (κ3) is 5.05. The predicted molar refractivity (Wildman–Crippen MR) is 83.8 cm³/mol. The third-order valence-electron chi connectivity index (χ3n) is 3.47. The smallest absolute Gasteiger partial charge is 0.199 e. The molecule has 4 nitrogen and oxygen atoms in total. The maximum Gasteiger partial charge on any atom is 0.199 e. The maximum atomic E-state index is 11.7. The number of rotatable bonds is 5. The van der Waals surface area contributed by atoms with Crippen molar-refractivity contribution in [1.29, 1.82) is 0 Å². The molecule has 0 N–H and O–H groups in total. The van der Waals surface area contributed by atoms with Crippen LogP contribution in [-0.4, -0.2) is 29.4 Å². The zero-order valence-corrected chi connectivity index (χ0v) is 13.2. The van der Waals surface area contributed by atoms with Gasteiger partial charge in [-0.15, -0.1) is 0 Å². The minimum absolute atomic E-state index is 0.0926. The Morgan fingerprint density at radius 1 is 1.33 bits per heavy atom. The molecule has 4 heteroatoms. The molecule has 0 saturated carbocycles. The third-order valence-corrected chi connectivity index (χ3v) is 3.47. The molecule has 1 unspecified atom stereocenters. The summed E-state index contributed by atoms with van der Waals surface area (Å²) in [5, 5.41) is 11.7. The molecule has 0 aromatic heterocycles. The molecule has 1 aliphatic rings. The van der Waals surface area contributed by atoms with Crippen molar-refractivity contribution < 1.29 is 14.2 Å². The van der Waals surface area contributed by atoms with Crippen LogP contribution in [0.15, 0.2) is 24.3 Å². The van der Waals surface area contributed by atoms with Crippen LogP contribution in [-0.2, 0) is 11.2 Å². The molecule has 1 saturated heterocycles. The van der Waals surface area contributed by atoms with E-state index in [2.05, 4.69) is 0 Å². The summed E-state index contributed by atoms with van der Waals surface area (Å²) in [5.41, 5.74) is 0.840. The van der Waals surface area contributed by atoms with E-state index >= 15 is 0 Å². The standard InChI is InChI=1S/C17H25NO3/c1-17(2,3)18(19)12-4-6-14-8-10-15(11-9-14)21-16-7-5-13-20-16/h8-12,16H,4-7,13H2,1-3H3/b18-12+. The van der Waals surface area contributed by atoms with Gasteiger partial charge in [-0.05, 0) is 30.5 Å². The van der Waals surface area contributed by atoms with E-state index in [1.54, 1.807) is 6.21 Å². The van der Waals surface area contributed by atoms with Crippen LogP contribution in [0.1, 0.15) is 45.6 Å². The van der Waals surface area contributed by atoms with E-state index in [9.17, 15) is 5.21 Å². The van der Waals surface area contributed by atoms with Crippen LogP contribution in [0.3, 0.4) is 0 Å². The first-order valence-corrected chi connectivity index (χ1v) is 7.62. The quantitative estimate of drug-likeness (QED) is 0.361. The molecule has 0 radical (unpaired) electrons. The molecule has 1 heterocycles. The van der Waals surface area contributed by atoms with Crippen LogP contribution in [0.4, 0.5) is 0 Å². The zero-order valence-electron chi connectivity index (χ0n) is 13.2. The van der Waals surface area contributed by atoms with E-state index in [4.69, 9.17) is 9.47 Å². The molecule has 0 bridgehead atoms. The van der Waals surface area contributed by atoms with Crippen LogP contribution in [0.25, 0.3) is 0 Å². The summed E-state index contributed by atoms with van der Waals surface area (Å²) in [6.07, 6.45) is 5.25. The molecule has 1 fully saturated rings. The highest BCUT2D eigenvalue weighted by Gasteiger charge is 2.18. The fraction of sp³-hybridized carbons (Fsp3) is 0.588. The van der Waals surface area contributed by atoms with Gasteiger partial charge in [0, 0.05) is 33.6 Å². The summed E-state index contributed by atoms with van der Waals surface area (Å²) in [6, 6.07) is 8.03. The van der Waals surface area contributed by atoms with E-state index in [1.807, 2.05) is 45.0 Å². The first-order valence-electron chi connectivity index (χ1n) is 7.62. The van der Waals surface area contributed by atoms with Crippen molar-refractivity contribution in [3.8, 4) is 5.75 Å². The first kappa shape index (κ1) is 15.8. The molecule has 0 amide bonds. The van der Waals surface area contributed by atoms with Crippen LogP contribution in [0, 0.1) is 5.21 Å². The molecule has 21 heavy (non-hydrogen) atoms. The molecule has 1 aliphatic heterocycles. The number of nitrogens with zero attached hydrogens (tertiary/aromatic N) is 1. The fourth-order valence-corrected chi connectivity index (χ4v) is 2.15. The van der Waals surface area contributed by atoms with Crippen molar-refractivity contribution in [2.24, 2.45) is 0 Å². The number of hydrogen-bond donors (Lipinski definition) is 0. The maximum absolute atomic E-state index is 11.7. The van der Waals surface area contributed by atoms with Gasteiger partial charge in [0.15, 0.2) is 18.0 Å². The van der Waals surface area contributed by atoms with Gasteiger partial charge in [0.05, 0.1) is 6.61 Å². The Balaban J connectivity index is 1.82. The number of hydroxylamine groups is 1. The van der Waals surface area contributed by atoms with E-state index in [-0.39, 0.29) is 11.8 Å². The summed E-state index contributed by atoms with van der Waals surface area (Å²) in [5.74, 6) is 0.842. The molecule has 1 atom stereocenters. The van der Waals surface area contributed by atoms with Gasteiger partial charge in [0.25, 0.3) is 0 Å². The summed E-state index contributed by atoms with van der Waals surface area (Å²) >= 11 is 0. The van der Waals surface area contributed by atoms with Crippen molar-refractivity contribution in [3.05, 3.63) is 35.0 Å². The molecule has 1 aromatic rings. The number of ether oxygens (including phenoxy) is 2. The monoisotopic (exact) mass is 291 g/mol. The lowest BCUT2D eigenvalue weighted by atomic mass is 10.1. The minimum Gasteiger partial charge on any atom is -0.624 e. The largest absolute Gasteiger partial charge is 0.624 e. The van der Waals surface area contributed by atoms with Crippen molar-refractivity contribution >= 4 is 6.21 Å². The Labute approximate surface area is 127 Å². The van der Waals surface area contributed by atoms with Crippen molar-refractivity contribution in [1.82, 2.24) is 0 Å². The van der Waals surface area contributed by atoms with Crippen molar-refractivity contribution in [3.63, 3.8) is 0 Å². The van der Waals surface area contributed by atoms with Gasteiger partial charge in [-0.2, -0.15) is 0 Å². The van der Waals surface area contributed by atoms with E-state index in [0.717, 1.165) is 42.8 Å². The van der Waals surface area contributed by atoms with Crippen molar-refractivity contribution in [2.75, 3.05) is 6.61 Å². The number of benzene rings is 1. The highest BCUT2D eigenvalue weighted by molar-refractivity contribution is 5.52. The molecular formula is C17H25NO3. The highest BCUT2D eigenvalue weighted by atomic mass is 16.7. The Morgan fingerprint density at radius 3 is 2.62 bits per heavy atom. The molecule has 2 rings (SSSR count). The number of hydrogen-bond acceptors (Lipinski definition) is 3. The first-order chi connectivity index (χ1) is 9.95. The average Bonchev–Trinajstić information content (AvgIpc) is 2.92. The Kier molecular flexibility index (Phi) is 5.23. The van der Waals surface area contributed by atoms with E-state index < -0.39 is 0 Å². The van der Waals surface area contributed by atoms with Crippen molar-refractivity contribution in [2.45, 2.75) is 58.3 Å². The summed E-state index contributed by atoms with van der Waals surface area (Å²) in [6.45, 7) is 6.52. The second-order valence-electron chi connectivity index (χ2n) is 6.42. The summed E-state index contributed by atoms with van der Waals surface area (Å²) < 4.78 is 12.2. The normalized spacial score (nSPS) is 19.8. The zero-order chi connectivity index (χ0) is 15.3. The summed E-state index contributed by atoms with van der Waals surface area (Å²) in [4.78, 5) is 0. The second kappa shape index (κ2) is 6.94. The van der Waals surface area contributed by atoms with E-state index in [1.165, 1.54) is 5.56 Å². The SMILES string of the molecule is CC(C)(C)/[N+]([O-])=C\CCc1ccc(OC2CCCO2)cc1. The minimum atomic E-state index is -0.362. The van der Waals surface area contributed by atoms with Gasteiger partial charge >= 0.3 is 0 Å². The van der Waals surface area contributed by atoms with Gasteiger partial charge in [0.1, 0.15) is 5.75 Å². The fourth-order valence-electron chi connectivity index (χ4n) is 2.15. The van der Waals surface area contributed by atoms with Gasteiger partial charge in [-0.1, -0.05) is 12.1 Å². The molecule has 1 aromatic carbocycles. The second-order valence-corrected chi connectivity index (χ2v) is 6.42.